The quantitative estimate of drug-likeness (QED) is 0.899. The van der Waals surface area contributed by atoms with E-state index >= 15 is 0 Å². The van der Waals surface area contributed by atoms with Gasteiger partial charge in [0, 0.05) is 42.8 Å². The summed E-state index contributed by atoms with van der Waals surface area (Å²) in [6.07, 6.45) is 2.46. The molecule has 144 valence electrons. The molecule has 3 heterocycles. The Morgan fingerprint density at radius 1 is 1.07 bits per heavy atom. The van der Waals surface area contributed by atoms with E-state index in [0.717, 1.165) is 41.5 Å². The number of hydrogen-bond donors (Lipinski definition) is 1. The number of amides is 2. The normalized spacial score (nSPS) is 21.2. The molecular formula is C21H28N4O2. The number of fused-ring (bicyclic) bond motifs is 1. The van der Waals surface area contributed by atoms with Crippen molar-refractivity contribution in [3.63, 3.8) is 0 Å². The number of nitrogens with zero attached hydrogens (tertiary/aromatic N) is 3. The Morgan fingerprint density at radius 2 is 1.78 bits per heavy atom. The van der Waals surface area contributed by atoms with Crippen LogP contribution in [0.1, 0.15) is 24.1 Å². The first kappa shape index (κ1) is 18.0. The van der Waals surface area contributed by atoms with E-state index < -0.39 is 0 Å². The van der Waals surface area contributed by atoms with E-state index in [2.05, 4.69) is 16.0 Å². The number of H-pyrrole nitrogens is 1. The number of nitrogens with one attached hydrogen (secondary N) is 1. The summed E-state index contributed by atoms with van der Waals surface area (Å²) in [4.78, 5) is 34.9. The van der Waals surface area contributed by atoms with Gasteiger partial charge in [-0.05, 0) is 45.0 Å². The highest BCUT2D eigenvalue weighted by Crippen LogP contribution is 2.23. The number of aromatic nitrogens is 1. The summed E-state index contributed by atoms with van der Waals surface area (Å²) in [5, 5.41) is 1.13. The fourth-order valence-electron chi connectivity index (χ4n) is 4.43. The van der Waals surface area contributed by atoms with E-state index in [1.165, 1.54) is 0 Å². The van der Waals surface area contributed by atoms with Crippen LogP contribution in [0.3, 0.4) is 0 Å². The molecule has 0 spiro atoms. The van der Waals surface area contributed by atoms with E-state index in [1.807, 2.05) is 42.0 Å². The van der Waals surface area contributed by atoms with Crippen molar-refractivity contribution < 1.29 is 9.59 Å². The number of aromatic amines is 1. The summed E-state index contributed by atoms with van der Waals surface area (Å²) in [5.41, 5.74) is 3.22. The Hall–Kier alpha value is -2.34. The van der Waals surface area contributed by atoms with Crippen molar-refractivity contribution in [2.75, 3.05) is 39.8 Å². The van der Waals surface area contributed by atoms with Crippen molar-refractivity contribution in [3.8, 4) is 0 Å². The van der Waals surface area contributed by atoms with Crippen LogP contribution >= 0.6 is 0 Å². The van der Waals surface area contributed by atoms with Gasteiger partial charge >= 0.3 is 0 Å². The molecule has 2 aromatic rings. The van der Waals surface area contributed by atoms with Crippen molar-refractivity contribution in [3.05, 3.63) is 35.5 Å². The van der Waals surface area contributed by atoms with Crippen molar-refractivity contribution >= 4 is 22.7 Å². The molecule has 27 heavy (non-hydrogen) atoms. The smallest absolute Gasteiger partial charge is 0.240 e. The number of piperazine rings is 1. The van der Waals surface area contributed by atoms with Gasteiger partial charge in [-0.3, -0.25) is 14.5 Å². The molecule has 0 saturated carbocycles. The van der Waals surface area contributed by atoms with Gasteiger partial charge in [-0.15, -0.1) is 0 Å². The minimum atomic E-state index is 0.0288. The lowest BCUT2D eigenvalue weighted by molar-refractivity contribution is -0.141. The minimum absolute atomic E-state index is 0.0288. The van der Waals surface area contributed by atoms with Gasteiger partial charge in [-0.1, -0.05) is 18.2 Å². The molecular weight excluding hydrogens is 340 g/mol. The summed E-state index contributed by atoms with van der Waals surface area (Å²) in [6.45, 7) is 5.56. The minimum Gasteiger partial charge on any atom is -0.358 e. The molecule has 1 N–H and O–H groups in total. The fraction of sp³-hybridized carbons (Fsp3) is 0.524. The molecule has 2 saturated heterocycles. The number of carbonyl (C=O) groups excluding carboxylic acids is 2. The molecule has 1 unspecified atom stereocenters. The summed E-state index contributed by atoms with van der Waals surface area (Å²) >= 11 is 0. The van der Waals surface area contributed by atoms with Crippen LogP contribution in [0.15, 0.2) is 24.3 Å². The maximum Gasteiger partial charge on any atom is 0.240 e. The van der Waals surface area contributed by atoms with Crippen molar-refractivity contribution in [2.24, 2.45) is 0 Å². The standard InChI is InChI=1S/C21H28N4O2/c1-15-17(16-6-3-4-7-18(16)22-15)14-20(26)24-10-12-25(13-11-24)21(27)19-8-5-9-23(19)2/h3-4,6-7,19,22H,5,8-14H2,1-2H3. The van der Waals surface area contributed by atoms with Crippen LogP contribution in [0.5, 0.6) is 0 Å². The van der Waals surface area contributed by atoms with E-state index in [4.69, 9.17) is 0 Å². The predicted molar refractivity (Wildman–Crippen MR) is 106 cm³/mol. The van der Waals surface area contributed by atoms with Crippen LogP contribution in [-0.4, -0.2) is 77.3 Å². The topological polar surface area (TPSA) is 59.7 Å². The third kappa shape index (κ3) is 3.46. The third-order valence-electron chi connectivity index (χ3n) is 6.10. The molecule has 0 radical (unpaired) electrons. The summed E-state index contributed by atoms with van der Waals surface area (Å²) < 4.78 is 0. The molecule has 1 aromatic heterocycles. The molecule has 0 aliphatic carbocycles. The van der Waals surface area contributed by atoms with Gasteiger partial charge in [-0.25, -0.2) is 0 Å². The molecule has 6 nitrogen and oxygen atoms in total. The lowest BCUT2D eigenvalue weighted by Gasteiger charge is -2.37. The largest absolute Gasteiger partial charge is 0.358 e. The fourth-order valence-corrected chi connectivity index (χ4v) is 4.43. The number of carbonyl (C=O) groups is 2. The summed E-state index contributed by atoms with van der Waals surface area (Å²) in [7, 11) is 2.03. The summed E-state index contributed by atoms with van der Waals surface area (Å²) in [6, 6.07) is 8.15. The zero-order valence-corrected chi connectivity index (χ0v) is 16.2. The number of rotatable bonds is 3. The number of aryl methyl sites for hydroxylation is 1. The van der Waals surface area contributed by atoms with Gasteiger partial charge in [0.05, 0.1) is 12.5 Å². The molecule has 2 aliphatic rings. The van der Waals surface area contributed by atoms with Crippen LogP contribution < -0.4 is 0 Å². The van der Waals surface area contributed by atoms with Gasteiger partial charge in [0.1, 0.15) is 0 Å². The Bertz CT molecular complexity index is 851. The Balaban J connectivity index is 1.37. The highest BCUT2D eigenvalue weighted by atomic mass is 16.2. The zero-order chi connectivity index (χ0) is 19.0. The van der Waals surface area contributed by atoms with E-state index in [9.17, 15) is 9.59 Å². The van der Waals surface area contributed by atoms with Gasteiger partial charge in [0.2, 0.25) is 11.8 Å². The average molecular weight is 368 g/mol. The van der Waals surface area contributed by atoms with Crippen LogP contribution in [0.25, 0.3) is 10.9 Å². The molecule has 1 atom stereocenters. The van der Waals surface area contributed by atoms with Crippen molar-refractivity contribution in [1.29, 1.82) is 0 Å². The Morgan fingerprint density at radius 3 is 2.48 bits per heavy atom. The predicted octanol–water partition coefficient (Wildman–Crippen LogP) is 1.78. The second-order valence-electron chi connectivity index (χ2n) is 7.80. The van der Waals surface area contributed by atoms with Gasteiger partial charge in [0.15, 0.2) is 0 Å². The lowest BCUT2D eigenvalue weighted by Crippen LogP contribution is -2.54. The number of hydrogen-bond acceptors (Lipinski definition) is 3. The Kier molecular flexibility index (Phi) is 4.91. The first-order valence-electron chi connectivity index (χ1n) is 9.87. The zero-order valence-electron chi connectivity index (χ0n) is 16.2. The molecule has 0 bridgehead atoms. The highest BCUT2D eigenvalue weighted by Gasteiger charge is 2.33. The average Bonchev–Trinajstić information content (AvgIpc) is 3.24. The second-order valence-corrected chi connectivity index (χ2v) is 7.80. The van der Waals surface area contributed by atoms with Gasteiger partial charge in [-0.2, -0.15) is 0 Å². The van der Waals surface area contributed by atoms with Crippen molar-refractivity contribution in [2.45, 2.75) is 32.2 Å². The van der Waals surface area contributed by atoms with Crippen LogP contribution in [-0.2, 0) is 16.0 Å². The molecule has 2 amide bonds. The van der Waals surface area contributed by atoms with Gasteiger partial charge in [0.25, 0.3) is 0 Å². The molecule has 2 aliphatic heterocycles. The maximum absolute atomic E-state index is 12.8. The molecule has 4 rings (SSSR count). The lowest BCUT2D eigenvalue weighted by atomic mass is 10.1. The first-order valence-corrected chi connectivity index (χ1v) is 9.87. The highest BCUT2D eigenvalue weighted by molar-refractivity contribution is 5.90. The summed E-state index contributed by atoms with van der Waals surface area (Å²) in [5.74, 6) is 0.377. The van der Waals surface area contributed by atoms with E-state index in [1.54, 1.807) is 0 Å². The SMILES string of the molecule is Cc1[nH]c2ccccc2c1CC(=O)N1CCN(C(=O)C2CCCN2C)CC1. The Labute approximate surface area is 160 Å². The number of likely N-dealkylation sites (N-methyl/N-ethyl adjacent to an activating group) is 1. The number of likely N-dealkylation sites (tertiary alicyclic amines) is 1. The maximum atomic E-state index is 12.8. The molecule has 2 fully saturated rings. The monoisotopic (exact) mass is 368 g/mol. The van der Waals surface area contributed by atoms with E-state index in [0.29, 0.717) is 32.6 Å². The molecule has 1 aromatic carbocycles. The number of benzene rings is 1. The van der Waals surface area contributed by atoms with Crippen LogP contribution in [0, 0.1) is 6.92 Å². The van der Waals surface area contributed by atoms with Gasteiger partial charge < -0.3 is 14.8 Å². The van der Waals surface area contributed by atoms with Crippen molar-refractivity contribution in [1.82, 2.24) is 19.7 Å². The molecule has 6 heteroatoms. The van der Waals surface area contributed by atoms with E-state index in [-0.39, 0.29) is 17.9 Å². The first-order chi connectivity index (χ1) is 13.0. The third-order valence-corrected chi connectivity index (χ3v) is 6.10. The van der Waals surface area contributed by atoms with Crippen LogP contribution in [0.4, 0.5) is 0 Å². The van der Waals surface area contributed by atoms with Crippen LogP contribution in [0.2, 0.25) is 0 Å². The second kappa shape index (κ2) is 7.35. The number of para-hydroxylation sites is 1.